The summed E-state index contributed by atoms with van der Waals surface area (Å²) in [4.78, 5) is 21.9. The summed E-state index contributed by atoms with van der Waals surface area (Å²) in [5.41, 5.74) is 0.395. The van der Waals surface area contributed by atoms with E-state index in [1.807, 2.05) is 0 Å². The third-order valence-electron chi connectivity index (χ3n) is 2.61. The third-order valence-corrected chi connectivity index (χ3v) is 3.17. The van der Waals surface area contributed by atoms with Crippen LogP contribution in [0.2, 0.25) is 0 Å². The Kier molecular flexibility index (Phi) is 4.23. The maximum Gasteiger partial charge on any atom is 0.404 e. The highest BCUT2D eigenvalue weighted by atomic mass is 79.9. The Morgan fingerprint density at radius 1 is 1.40 bits per heavy atom. The number of benzene rings is 1. The lowest BCUT2D eigenvalue weighted by atomic mass is 10.1. The molecule has 0 fully saturated rings. The van der Waals surface area contributed by atoms with Crippen LogP contribution in [0.1, 0.15) is 16.8 Å². The van der Waals surface area contributed by atoms with Gasteiger partial charge in [-0.25, -0.2) is 4.39 Å². The first-order valence-corrected chi connectivity index (χ1v) is 6.43. The van der Waals surface area contributed by atoms with E-state index in [2.05, 4.69) is 21.0 Å². The molecular formula is C12H9BrFN3O3. The van der Waals surface area contributed by atoms with Crippen molar-refractivity contribution in [1.29, 1.82) is 0 Å². The van der Waals surface area contributed by atoms with Crippen molar-refractivity contribution >= 4 is 27.5 Å². The number of nitrogens with zero attached hydrogens (tertiary/aromatic N) is 3. The summed E-state index contributed by atoms with van der Waals surface area (Å²) in [6.07, 6.45) is 1.56. The highest BCUT2D eigenvalue weighted by molar-refractivity contribution is 9.10. The summed E-state index contributed by atoms with van der Waals surface area (Å²) in [5.74, 6) is -0.883. The highest BCUT2D eigenvalue weighted by Crippen LogP contribution is 2.22. The SMILES string of the molecule is O=C(CCn1cc(Br)c([N+](=O)[O-])n1)c1ccc(F)cc1. The first-order chi connectivity index (χ1) is 9.47. The zero-order valence-corrected chi connectivity index (χ0v) is 11.7. The van der Waals surface area contributed by atoms with Crippen LogP contribution in [0.25, 0.3) is 0 Å². The van der Waals surface area contributed by atoms with Gasteiger partial charge in [-0.05, 0) is 45.1 Å². The number of carbonyl (C=O) groups is 1. The van der Waals surface area contributed by atoms with Crippen molar-refractivity contribution in [1.82, 2.24) is 9.78 Å². The van der Waals surface area contributed by atoms with Gasteiger partial charge in [0.05, 0.1) is 17.8 Å². The number of Topliss-reactive ketones (excluding diaryl/α,β-unsaturated/α-hetero) is 1. The summed E-state index contributed by atoms with van der Waals surface area (Å²) < 4.78 is 14.3. The van der Waals surface area contributed by atoms with Gasteiger partial charge in [0.2, 0.25) is 0 Å². The smallest absolute Gasteiger partial charge is 0.358 e. The minimum atomic E-state index is -0.609. The summed E-state index contributed by atoms with van der Waals surface area (Å²) in [7, 11) is 0. The molecule has 0 spiro atoms. The van der Waals surface area contributed by atoms with Gasteiger partial charge in [-0.15, -0.1) is 0 Å². The molecule has 6 nitrogen and oxygen atoms in total. The lowest BCUT2D eigenvalue weighted by Crippen LogP contribution is -2.07. The molecule has 2 rings (SSSR count). The largest absolute Gasteiger partial charge is 0.404 e. The number of ketones is 1. The number of rotatable bonds is 5. The summed E-state index contributed by atoms with van der Waals surface area (Å²) in [6.45, 7) is 0.211. The van der Waals surface area contributed by atoms with E-state index in [9.17, 15) is 19.3 Å². The van der Waals surface area contributed by atoms with Gasteiger partial charge in [0, 0.05) is 12.0 Å². The van der Waals surface area contributed by atoms with Crippen molar-refractivity contribution in [2.24, 2.45) is 0 Å². The predicted molar refractivity (Wildman–Crippen MR) is 71.9 cm³/mol. The van der Waals surface area contributed by atoms with Crippen LogP contribution in [0.3, 0.4) is 0 Å². The monoisotopic (exact) mass is 341 g/mol. The van der Waals surface area contributed by atoms with Crippen LogP contribution < -0.4 is 0 Å². The number of hydrogen-bond donors (Lipinski definition) is 0. The van der Waals surface area contributed by atoms with Gasteiger partial charge in [0.15, 0.2) is 5.78 Å². The molecule has 0 aliphatic rings. The Bertz CT molecular complexity index is 654. The number of nitro groups is 1. The molecule has 0 aliphatic carbocycles. The molecule has 1 heterocycles. The van der Waals surface area contributed by atoms with E-state index in [1.54, 1.807) is 0 Å². The quantitative estimate of drug-likeness (QED) is 0.475. The zero-order valence-electron chi connectivity index (χ0n) is 10.1. The van der Waals surface area contributed by atoms with Gasteiger partial charge in [-0.2, -0.15) is 4.68 Å². The second-order valence-corrected chi connectivity index (χ2v) is 4.86. The average molecular weight is 342 g/mol. The fourth-order valence-electron chi connectivity index (χ4n) is 1.62. The molecule has 1 aromatic carbocycles. The standard InChI is InChI=1S/C12H9BrFN3O3/c13-10-7-16(15-12(10)17(19)20)6-5-11(18)8-1-3-9(14)4-2-8/h1-4,7H,5-6H2. The van der Waals surface area contributed by atoms with Crippen molar-refractivity contribution in [3.8, 4) is 0 Å². The van der Waals surface area contributed by atoms with Gasteiger partial charge in [0.1, 0.15) is 10.3 Å². The molecule has 104 valence electrons. The minimum absolute atomic E-state index is 0.122. The van der Waals surface area contributed by atoms with Crippen molar-refractivity contribution in [2.45, 2.75) is 13.0 Å². The Morgan fingerprint density at radius 3 is 2.60 bits per heavy atom. The van der Waals surface area contributed by atoms with E-state index in [1.165, 1.54) is 35.1 Å². The zero-order chi connectivity index (χ0) is 14.7. The number of aryl methyl sites for hydroxylation is 1. The van der Waals surface area contributed by atoms with E-state index in [0.717, 1.165) is 0 Å². The Hall–Kier alpha value is -2.09. The van der Waals surface area contributed by atoms with Gasteiger partial charge >= 0.3 is 5.82 Å². The molecule has 0 amide bonds. The molecule has 2 aromatic rings. The number of halogens is 2. The van der Waals surface area contributed by atoms with E-state index in [-0.39, 0.29) is 29.0 Å². The van der Waals surface area contributed by atoms with Crippen LogP contribution in [0.15, 0.2) is 34.9 Å². The number of hydrogen-bond acceptors (Lipinski definition) is 4. The van der Waals surface area contributed by atoms with Crippen LogP contribution in [0.4, 0.5) is 10.2 Å². The van der Waals surface area contributed by atoms with Crippen molar-refractivity contribution in [3.05, 3.63) is 56.4 Å². The predicted octanol–water partition coefficient (Wildman–Crippen LogP) is 2.97. The Labute approximate surface area is 121 Å². The van der Waals surface area contributed by atoms with E-state index in [4.69, 9.17) is 0 Å². The van der Waals surface area contributed by atoms with Gasteiger partial charge < -0.3 is 10.1 Å². The van der Waals surface area contributed by atoms with Gasteiger partial charge in [0.25, 0.3) is 0 Å². The third kappa shape index (κ3) is 3.27. The number of carbonyl (C=O) groups excluding carboxylic acids is 1. The van der Waals surface area contributed by atoms with Crippen LogP contribution in [-0.2, 0) is 6.54 Å². The molecule has 0 unspecified atom stereocenters. The molecular weight excluding hydrogens is 333 g/mol. The lowest BCUT2D eigenvalue weighted by molar-refractivity contribution is -0.390. The minimum Gasteiger partial charge on any atom is -0.358 e. The molecule has 0 bridgehead atoms. The summed E-state index contributed by atoms with van der Waals surface area (Å²) in [6, 6.07) is 5.23. The number of aromatic nitrogens is 2. The first kappa shape index (κ1) is 14.3. The van der Waals surface area contributed by atoms with Crippen molar-refractivity contribution in [2.75, 3.05) is 0 Å². The maximum absolute atomic E-state index is 12.7. The summed E-state index contributed by atoms with van der Waals surface area (Å²) >= 11 is 3.03. The molecule has 0 saturated carbocycles. The van der Waals surface area contributed by atoms with Crippen molar-refractivity contribution < 1.29 is 14.1 Å². The first-order valence-electron chi connectivity index (χ1n) is 5.63. The molecule has 0 N–H and O–H groups in total. The molecule has 0 aliphatic heterocycles. The molecule has 0 radical (unpaired) electrons. The fourth-order valence-corrected chi connectivity index (χ4v) is 2.08. The normalized spacial score (nSPS) is 10.5. The van der Waals surface area contributed by atoms with Crippen LogP contribution in [0, 0.1) is 15.9 Å². The van der Waals surface area contributed by atoms with Crippen LogP contribution in [-0.4, -0.2) is 20.5 Å². The Morgan fingerprint density at radius 2 is 2.05 bits per heavy atom. The lowest BCUT2D eigenvalue weighted by Gasteiger charge is -1.99. The maximum atomic E-state index is 12.7. The van der Waals surface area contributed by atoms with Crippen molar-refractivity contribution in [3.63, 3.8) is 0 Å². The van der Waals surface area contributed by atoms with Gasteiger partial charge in [-0.1, -0.05) is 0 Å². The second kappa shape index (κ2) is 5.91. The topological polar surface area (TPSA) is 78.0 Å². The average Bonchev–Trinajstić information content (AvgIpc) is 2.78. The fraction of sp³-hybridized carbons (Fsp3) is 0.167. The van der Waals surface area contributed by atoms with Gasteiger partial charge in [-0.3, -0.25) is 4.79 Å². The van der Waals surface area contributed by atoms with Crippen LogP contribution >= 0.6 is 15.9 Å². The Balaban J connectivity index is 2.01. The molecule has 0 saturated heterocycles. The molecule has 0 atom stereocenters. The molecule has 8 heteroatoms. The summed E-state index contributed by atoms with van der Waals surface area (Å²) in [5, 5.41) is 14.4. The van der Waals surface area contributed by atoms with E-state index in [0.29, 0.717) is 5.56 Å². The molecule has 1 aromatic heterocycles. The van der Waals surface area contributed by atoms with Crippen LogP contribution in [0.5, 0.6) is 0 Å². The molecule has 20 heavy (non-hydrogen) atoms. The van der Waals surface area contributed by atoms with E-state index < -0.39 is 10.7 Å². The highest BCUT2D eigenvalue weighted by Gasteiger charge is 2.19. The second-order valence-electron chi connectivity index (χ2n) is 4.00. The van der Waals surface area contributed by atoms with E-state index >= 15 is 0 Å².